The van der Waals surface area contributed by atoms with Crippen LogP contribution >= 0.6 is 0 Å². The maximum Gasteiger partial charge on any atom is 0.230 e. The molecule has 0 spiro atoms. The Morgan fingerprint density at radius 3 is 2.74 bits per heavy atom. The van der Waals surface area contributed by atoms with Crippen molar-refractivity contribution in [2.24, 2.45) is 5.92 Å². The number of amides is 1. The standard InChI is InChI=1S/C16H20FNO/c1-11-6-7-13-10-14(17)8-9-15(13)18(11)16(19)12-4-2-3-5-12/h8-12H,2-7H2,1H3/t11-/m1/s1. The van der Waals surface area contributed by atoms with Gasteiger partial charge in [0, 0.05) is 17.6 Å². The first-order valence-corrected chi connectivity index (χ1v) is 7.28. The lowest BCUT2D eigenvalue weighted by atomic mass is 9.94. The molecule has 1 aliphatic carbocycles. The van der Waals surface area contributed by atoms with Gasteiger partial charge in [-0.2, -0.15) is 0 Å². The van der Waals surface area contributed by atoms with E-state index in [-0.39, 0.29) is 23.7 Å². The Morgan fingerprint density at radius 2 is 2.00 bits per heavy atom. The van der Waals surface area contributed by atoms with E-state index in [9.17, 15) is 9.18 Å². The Kier molecular flexibility index (Phi) is 3.29. The van der Waals surface area contributed by atoms with Crippen LogP contribution in [0.2, 0.25) is 0 Å². The van der Waals surface area contributed by atoms with Crippen LogP contribution in [-0.4, -0.2) is 11.9 Å². The highest BCUT2D eigenvalue weighted by Crippen LogP contribution is 2.35. The van der Waals surface area contributed by atoms with Crippen LogP contribution < -0.4 is 4.90 Å². The van der Waals surface area contributed by atoms with Crippen molar-refractivity contribution in [1.29, 1.82) is 0 Å². The topological polar surface area (TPSA) is 20.3 Å². The van der Waals surface area contributed by atoms with Crippen LogP contribution in [0.4, 0.5) is 10.1 Å². The first-order chi connectivity index (χ1) is 9.16. The Balaban J connectivity index is 1.94. The SMILES string of the molecule is C[C@@H]1CCc2cc(F)ccc2N1C(=O)C1CCCC1. The highest BCUT2D eigenvalue weighted by Gasteiger charge is 2.33. The highest BCUT2D eigenvalue weighted by molar-refractivity contribution is 5.96. The van der Waals surface area contributed by atoms with E-state index in [1.807, 2.05) is 4.90 Å². The number of carbonyl (C=O) groups is 1. The minimum absolute atomic E-state index is 0.179. The first kappa shape index (κ1) is 12.6. The van der Waals surface area contributed by atoms with Crippen molar-refractivity contribution in [2.45, 2.75) is 51.5 Å². The number of anilines is 1. The Morgan fingerprint density at radius 1 is 1.26 bits per heavy atom. The van der Waals surface area contributed by atoms with Gasteiger partial charge in [-0.05, 0) is 56.4 Å². The third kappa shape index (κ3) is 2.26. The third-order valence-electron chi connectivity index (χ3n) is 4.52. The third-order valence-corrected chi connectivity index (χ3v) is 4.52. The second-order valence-corrected chi connectivity index (χ2v) is 5.85. The summed E-state index contributed by atoms with van der Waals surface area (Å²) in [4.78, 5) is 14.6. The molecule has 0 aromatic heterocycles. The van der Waals surface area contributed by atoms with Crippen molar-refractivity contribution in [2.75, 3.05) is 4.90 Å². The Bertz CT molecular complexity index is 494. The van der Waals surface area contributed by atoms with Crippen molar-refractivity contribution in [3.63, 3.8) is 0 Å². The largest absolute Gasteiger partial charge is 0.309 e. The van der Waals surface area contributed by atoms with Gasteiger partial charge >= 0.3 is 0 Å². The van der Waals surface area contributed by atoms with Gasteiger partial charge in [0.1, 0.15) is 5.82 Å². The number of benzene rings is 1. The average Bonchev–Trinajstić information content (AvgIpc) is 2.92. The molecule has 0 N–H and O–H groups in total. The van der Waals surface area contributed by atoms with Gasteiger partial charge < -0.3 is 4.90 Å². The minimum Gasteiger partial charge on any atom is -0.309 e. The van der Waals surface area contributed by atoms with E-state index in [0.29, 0.717) is 0 Å². The normalized spacial score (nSPS) is 23.5. The van der Waals surface area contributed by atoms with Crippen molar-refractivity contribution in [1.82, 2.24) is 0 Å². The summed E-state index contributed by atoms with van der Waals surface area (Å²) in [7, 11) is 0. The highest BCUT2D eigenvalue weighted by atomic mass is 19.1. The molecule has 1 fully saturated rings. The van der Waals surface area contributed by atoms with Crippen molar-refractivity contribution < 1.29 is 9.18 Å². The van der Waals surface area contributed by atoms with Crippen LogP contribution in [0.1, 0.15) is 44.6 Å². The van der Waals surface area contributed by atoms with Crippen LogP contribution in [0.15, 0.2) is 18.2 Å². The molecular formula is C16H20FNO. The lowest BCUT2D eigenvalue weighted by Crippen LogP contribution is -2.44. The van der Waals surface area contributed by atoms with Gasteiger partial charge in [-0.3, -0.25) is 4.79 Å². The maximum absolute atomic E-state index is 13.3. The Hall–Kier alpha value is -1.38. The zero-order chi connectivity index (χ0) is 13.4. The molecule has 0 radical (unpaired) electrons. The van der Waals surface area contributed by atoms with Crippen LogP contribution in [0.5, 0.6) is 0 Å². The molecule has 3 rings (SSSR count). The summed E-state index contributed by atoms with van der Waals surface area (Å²) in [6.45, 7) is 2.10. The lowest BCUT2D eigenvalue weighted by molar-refractivity contribution is -0.122. The van der Waals surface area contributed by atoms with E-state index >= 15 is 0 Å². The number of nitrogens with zero attached hydrogens (tertiary/aromatic N) is 1. The molecular weight excluding hydrogens is 241 g/mol. The summed E-state index contributed by atoms with van der Waals surface area (Å²) in [6.07, 6.45) is 6.14. The number of rotatable bonds is 1. The number of fused-ring (bicyclic) bond motifs is 1. The van der Waals surface area contributed by atoms with Gasteiger partial charge in [-0.25, -0.2) is 4.39 Å². The molecule has 1 aromatic rings. The molecule has 0 unspecified atom stereocenters. The fraction of sp³-hybridized carbons (Fsp3) is 0.562. The number of hydrogen-bond donors (Lipinski definition) is 0. The van der Waals surface area contributed by atoms with Gasteiger partial charge in [-0.15, -0.1) is 0 Å². The van der Waals surface area contributed by atoms with E-state index in [1.165, 1.54) is 6.07 Å². The fourth-order valence-corrected chi connectivity index (χ4v) is 3.43. The average molecular weight is 261 g/mol. The maximum atomic E-state index is 13.3. The van der Waals surface area contributed by atoms with E-state index in [0.717, 1.165) is 49.8 Å². The van der Waals surface area contributed by atoms with Gasteiger partial charge in [0.2, 0.25) is 5.91 Å². The first-order valence-electron chi connectivity index (χ1n) is 7.28. The molecule has 19 heavy (non-hydrogen) atoms. The molecule has 1 atom stereocenters. The predicted octanol–water partition coefficient (Wildman–Crippen LogP) is 3.68. The molecule has 2 aliphatic rings. The summed E-state index contributed by atoms with van der Waals surface area (Å²) < 4.78 is 13.3. The summed E-state index contributed by atoms with van der Waals surface area (Å²) in [6, 6.07) is 5.04. The summed E-state index contributed by atoms with van der Waals surface area (Å²) in [5, 5.41) is 0. The zero-order valence-corrected chi connectivity index (χ0v) is 11.4. The fourth-order valence-electron chi connectivity index (χ4n) is 3.43. The molecule has 1 saturated carbocycles. The van der Waals surface area contributed by atoms with E-state index in [4.69, 9.17) is 0 Å². The van der Waals surface area contributed by atoms with E-state index in [2.05, 4.69) is 6.92 Å². The molecule has 1 amide bonds. The number of carbonyl (C=O) groups excluding carboxylic acids is 1. The predicted molar refractivity (Wildman–Crippen MR) is 73.6 cm³/mol. The summed E-state index contributed by atoms with van der Waals surface area (Å²) in [5.74, 6) is 0.220. The van der Waals surface area contributed by atoms with Crippen LogP contribution in [-0.2, 0) is 11.2 Å². The smallest absolute Gasteiger partial charge is 0.230 e. The molecule has 102 valence electrons. The molecule has 1 heterocycles. The monoisotopic (exact) mass is 261 g/mol. The second-order valence-electron chi connectivity index (χ2n) is 5.85. The molecule has 0 bridgehead atoms. The van der Waals surface area contributed by atoms with Crippen LogP contribution in [0.3, 0.4) is 0 Å². The summed E-state index contributed by atoms with van der Waals surface area (Å²) in [5.41, 5.74) is 1.90. The number of hydrogen-bond acceptors (Lipinski definition) is 1. The Labute approximate surface area is 113 Å². The molecule has 3 heteroatoms. The van der Waals surface area contributed by atoms with Crippen molar-refractivity contribution in [3.8, 4) is 0 Å². The lowest BCUT2D eigenvalue weighted by Gasteiger charge is -2.37. The van der Waals surface area contributed by atoms with Gasteiger partial charge in [0.05, 0.1) is 0 Å². The molecule has 2 nitrogen and oxygen atoms in total. The summed E-state index contributed by atoms with van der Waals surface area (Å²) >= 11 is 0. The number of halogens is 1. The van der Waals surface area contributed by atoms with Crippen molar-refractivity contribution >= 4 is 11.6 Å². The molecule has 1 aliphatic heterocycles. The quantitative estimate of drug-likeness (QED) is 0.755. The minimum atomic E-state index is -0.207. The van der Waals surface area contributed by atoms with E-state index in [1.54, 1.807) is 12.1 Å². The molecule has 1 aromatic carbocycles. The van der Waals surface area contributed by atoms with Crippen LogP contribution in [0.25, 0.3) is 0 Å². The van der Waals surface area contributed by atoms with E-state index < -0.39 is 0 Å². The second kappa shape index (κ2) is 4.95. The molecule has 0 saturated heterocycles. The zero-order valence-electron chi connectivity index (χ0n) is 11.4. The van der Waals surface area contributed by atoms with Crippen molar-refractivity contribution in [3.05, 3.63) is 29.6 Å². The van der Waals surface area contributed by atoms with Crippen LogP contribution in [0, 0.1) is 11.7 Å². The van der Waals surface area contributed by atoms with Gasteiger partial charge in [0.25, 0.3) is 0 Å². The van der Waals surface area contributed by atoms with Gasteiger partial charge in [0.15, 0.2) is 0 Å². The van der Waals surface area contributed by atoms with Gasteiger partial charge in [-0.1, -0.05) is 12.8 Å². The number of aryl methyl sites for hydroxylation is 1.